The van der Waals surface area contributed by atoms with E-state index in [1.165, 1.54) is 25.2 Å². The number of carbonyl (C=O) groups is 1. The minimum Gasteiger partial charge on any atom is -0.478 e. The van der Waals surface area contributed by atoms with E-state index >= 15 is 0 Å². The van der Waals surface area contributed by atoms with Crippen molar-refractivity contribution in [3.05, 3.63) is 23.8 Å². The van der Waals surface area contributed by atoms with Crippen LogP contribution in [0.3, 0.4) is 0 Å². The van der Waals surface area contributed by atoms with E-state index in [0.29, 0.717) is 0 Å². The molecule has 14 heavy (non-hydrogen) atoms. The van der Waals surface area contributed by atoms with Crippen molar-refractivity contribution in [2.45, 2.75) is 19.3 Å². The van der Waals surface area contributed by atoms with Crippen molar-refractivity contribution in [1.82, 2.24) is 9.97 Å². The molecular weight excluding hydrogens is 175 g/mol. The molecule has 0 unspecified atom stereocenters. The summed E-state index contributed by atoms with van der Waals surface area (Å²) in [5.74, 6) is 0.515. The van der Waals surface area contributed by atoms with Gasteiger partial charge in [-0.05, 0) is 18.8 Å². The molecule has 1 fully saturated rings. The summed E-state index contributed by atoms with van der Waals surface area (Å²) < 4.78 is 0. The Labute approximate surface area is 93.9 Å². The van der Waals surface area contributed by atoms with Gasteiger partial charge in [0.2, 0.25) is 0 Å². The van der Waals surface area contributed by atoms with Gasteiger partial charge in [-0.25, -0.2) is 14.8 Å². The molecule has 0 aromatic carbocycles. The van der Waals surface area contributed by atoms with Crippen molar-refractivity contribution >= 4 is 5.97 Å². The number of rotatable bonds is 3. The Balaban J connectivity index is 0.000000980. The first kappa shape index (κ1) is 11.2. The van der Waals surface area contributed by atoms with Crippen LogP contribution in [0.25, 0.3) is 0 Å². The van der Waals surface area contributed by atoms with E-state index in [9.17, 15) is 4.79 Å². The van der Waals surface area contributed by atoms with E-state index in [4.69, 9.17) is 5.11 Å². The van der Waals surface area contributed by atoms with Crippen LogP contribution in [0.15, 0.2) is 12.4 Å². The summed E-state index contributed by atoms with van der Waals surface area (Å²) in [5, 5.41) is 8.59. The summed E-state index contributed by atoms with van der Waals surface area (Å²) in [4.78, 5) is 18.4. The molecule has 5 heteroatoms. The van der Waals surface area contributed by atoms with Crippen molar-refractivity contribution in [2.75, 3.05) is 0 Å². The Hall–Kier alpha value is -0.853. The first-order valence-corrected chi connectivity index (χ1v) is 4.30. The summed E-state index contributed by atoms with van der Waals surface area (Å²) in [7, 11) is 0. The molecule has 0 spiro atoms. The summed E-state index contributed by atoms with van der Waals surface area (Å²) >= 11 is 0. The quantitative estimate of drug-likeness (QED) is 0.560. The third kappa shape index (κ3) is 2.83. The minimum absolute atomic E-state index is 0. The van der Waals surface area contributed by atoms with Crippen molar-refractivity contribution in [3.63, 3.8) is 0 Å². The number of aromatic nitrogens is 2. The van der Waals surface area contributed by atoms with Crippen LogP contribution in [0, 0.1) is 5.92 Å². The molecule has 1 aliphatic rings. The molecule has 1 aromatic rings. The van der Waals surface area contributed by atoms with Crippen LogP contribution in [-0.4, -0.2) is 21.0 Å². The summed E-state index contributed by atoms with van der Waals surface area (Å²) in [6.45, 7) is 0. The smallest absolute Gasteiger partial charge is 0.478 e. The van der Waals surface area contributed by atoms with Gasteiger partial charge in [0, 0.05) is 18.8 Å². The maximum atomic E-state index is 10.5. The number of carboxylic acid groups (broad SMARTS) is 1. The molecule has 1 aromatic heterocycles. The van der Waals surface area contributed by atoms with Gasteiger partial charge in [-0.15, -0.1) is 0 Å². The van der Waals surface area contributed by atoms with Crippen molar-refractivity contribution in [3.8, 4) is 0 Å². The molecule has 2 rings (SSSR count). The topological polar surface area (TPSA) is 63.1 Å². The van der Waals surface area contributed by atoms with Crippen LogP contribution in [0.2, 0.25) is 0 Å². The molecule has 4 nitrogen and oxygen atoms in total. The summed E-state index contributed by atoms with van der Waals surface area (Å²) in [6, 6.07) is 0. The zero-order chi connectivity index (χ0) is 9.26. The normalized spacial score (nSPS) is 14.6. The molecular formula is C9H10LiN2O2+. The largest absolute Gasteiger partial charge is 1.00 e. The Morgan fingerprint density at radius 1 is 1.43 bits per heavy atom. The number of aromatic carboxylic acids is 1. The van der Waals surface area contributed by atoms with E-state index in [0.717, 1.165) is 18.2 Å². The third-order valence-electron chi connectivity index (χ3n) is 2.12. The van der Waals surface area contributed by atoms with Gasteiger partial charge >= 0.3 is 24.8 Å². The molecule has 1 saturated carbocycles. The average molecular weight is 185 g/mol. The molecule has 1 aliphatic carbocycles. The fourth-order valence-electron chi connectivity index (χ4n) is 1.15. The number of nitrogens with zero attached hydrogens (tertiary/aromatic N) is 2. The number of hydrogen-bond acceptors (Lipinski definition) is 3. The fourth-order valence-corrected chi connectivity index (χ4v) is 1.15. The van der Waals surface area contributed by atoms with Crippen molar-refractivity contribution < 1.29 is 28.8 Å². The molecule has 1 heterocycles. The zero-order valence-corrected chi connectivity index (χ0v) is 8.10. The van der Waals surface area contributed by atoms with E-state index in [1.807, 2.05) is 0 Å². The Morgan fingerprint density at radius 2 is 2.00 bits per heavy atom. The van der Waals surface area contributed by atoms with Crippen molar-refractivity contribution in [2.24, 2.45) is 5.92 Å². The Bertz CT molecular complexity index is 322. The molecule has 1 N–H and O–H groups in total. The number of carboxylic acids is 1. The maximum Gasteiger partial charge on any atom is 1.00 e. The molecule has 0 aliphatic heterocycles. The molecule has 0 bridgehead atoms. The minimum atomic E-state index is -0.974. The van der Waals surface area contributed by atoms with E-state index in [-0.39, 0.29) is 24.4 Å². The molecule has 0 saturated heterocycles. The van der Waals surface area contributed by atoms with Crippen LogP contribution in [0.5, 0.6) is 0 Å². The van der Waals surface area contributed by atoms with Gasteiger partial charge in [0.25, 0.3) is 0 Å². The van der Waals surface area contributed by atoms with Crippen molar-refractivity contribution in [1.29, 1.82) is 0 Å². The molecule has 0 amide bonds. The fraction of sp³-hybridized carbons (Fsp3) is 0.444. The van der Waals surface area contributed by atoms with Crippen LogP contribution in [0.1, 0.15) is 29.0 Å². The van der Waals surface area contributed by atoms with Crippen LogP contribution in [0.4, 0.5) is 0 Å². The van der Waals surface area contributed by atoms with Gasteiger partial charge in [-0.3, -0.25) is 0 Å². The van der Waals surface area contributed by atoms with Crippen LogP contribution >= 0.6 is 0 Å². The molecule has 0 radical (unpaired) electrons. The van der Waals surface area contributed by atoms with Gasteiger partial charge in [0.15, 0.2) is 0 Å². The zero-order valence-electron chi connectivity index (χ0n) is 8.10. The van der Waals surface area contributed by atoms with Gasteiger partial charge < -0.3 is 5.11 Å². The summed E-state index contributed by atoms with van der Waals surface area (Å²) in [6.07, 6.45) is 6.13. The van der Waals surface area contributed by atoms with Crippen LogP contribution < -0.4 is 18.9 Å². The van der Waals surface area contributed by atoms with E-state index in [1.54, 1.807) is 0 Å². The second-order valence-electron chi connectivity index (χ2n) is 3.34. The maximum absolute atomic E-state index is 10.5. The van der Waals surface area contributed by atoms with Gasteiger partial charge in [0.1, 0.15) is 5.82 Å². The standard InChI is InChI=1S/C9H10N2O2.Li/c12-9(13)7-4-10-8(11-5-7)3-6-1-2-6;/h4-6H,1-3H2,(H,12,13);/q;+1. The second-order valence-corrected chi connectivity index (χ2v) is 3.34. The molecule has 0 atom stereocenters. The predicted octanol–water partition coefficient (Wildman–Crippen LogP) is -1.87. The van der Waals surface area contributed by atoms with Gasteiger partial charge in [-0.1, -0.05) is 0 Å². The molecule has 68 valence electrons. The van der Waals surface area contributed by atoms with E-state index in [2.05, 4.69) is 9.97 Å². The SMILES string of the molecule is O=C(O)c1cnc(CC2CC2)nc1.[Li+]. The average Bonchev–Trinajstić information content (AvgIpc) is 2.89. The third-order valence-corrected chi connectivity index (χ3v) is 2.12. The first-order valence-electron chi connectivity index (χ1n) is 4.30. The Morgan fingerprint density at radius 3 is 2.43 bits per heavy atom. The summed E-state index contributed by atoms with van der Waals surface area (Å²) in [5.41, 5.74) is 0.152. The van der Waals surface area contributed by atoms with E-state index < -0.39 is 5.97 Å². The number of hydrogen-bond donors (Lipinski definition) is 1. The Kier molecular flexibility index (Phi) is 3.67. The van der Waals surface area contributed by atoms with Gasteiger partial charge in [-0.2, -0.15) is 0 Å². The van der Waals surface area contributed by atoms with Gasteiger partial charge in [0.05, 0.1) is 5.56 Å². The monoisotopic (exact) mass is 185 g/mol. The second kappa shape index (κ2) is 4.58. The predicted molar refractivity (Wildman–Crippen MR) is 45.4 cm³/mol. The first-order chi connectivity index (χ1) is 6.25. The van der Waals surface area contributed by atoms with Crippen LogP contribution in [-0.2, 0) is 6.42 Å².